The van der Waals surface area contributed by atoms with Crippen LogP contribution in [-0.2, 0) is 15.0 Å². The van der Waals surface area contributed by atoms with E-state index in [-0.39, 0.29) is 18.9 Å². The van der Waals surface area contributed by atoms with Crippen molar-refractivity contribution in [2.45, 2.75) is 6.42 Å². The van der Waals surface area contributed by atoms with Gasteiger partial charge >= 0.3 is 10.2 Å². The molecular weight excluding hydrogens is 283 g/mol. The van der Waals surface area contributed by atoms with Gasteiger partial charge in [-0.2, -0.15) is 8.42 Å². The first kappa shape index (κ1) is 13.2. The fourth-order valence-corrected chi connectivity index (χ4v) is 2.88. The molecule has 8 heteroatoms. The molecule has 0 aromatic carbocycles. The highest BCUT2D eigenvalue weighted by atomic mass is 35.5. The first-order valence-corrected chi connectivity index (χ1v) is 7.12. The maximum atomic E-state index is 12.6. The van der Waals surface area contributed by atoms with E-state index in [2.05, 4.69) is 4.98 Å². The predicted molar refractivity (Wildman–Crippen MR) is 64.6 cm³/mol. The quantitative estimate of drug-likeness (QED) is 0.790. The molecule has 1 amide bonds. The number of nitrogens with zero attached hydrogens (tertiary/aromatic N) is 2. The molecule has 1 aliphatic rings. The van der Waals surface area contributed by atoms with Gasteiger partial charge in [0.25, 0.3) is 0 Å². The van der Waals surface area contributed by atoms with Crippen molar-refractivity contribution in [2.75, 3.05) is 17.2 Å². The molecular formula is C10H10ClFN2O3S. The summed E-state index contributed by atoms with van der Waals surface area (Å²) in [6.45, 7) is 0.134. The Kier molecular flexibility index (Phi) is 3.54. The molecule has 2 rings (SSSR count). The van der Waals surface area contributed by atoms with Crippen molar-refractivity contribution in [3.63, 3.8) is 0 Å². The van der Waals surface area contributed by atoms with Gasteiger partial charge in [0.1, 0.15) is 5.82 Å². The molecule has 1 saturated heterocycles. The van der Waals surface area contributed by atoms with Gasteiger partial charge < -0.3 is 0 Å². The maximum Gasteiger partial charge on any atom is 0.302 e. The highest BCUT2D eigenvalue weighted by Crippen LogP contribution is 2.26. The van der Waals surface area contributed by atoms with Crippen LogP contribution in [0.1, 0.15) is 6.42 Å². The lowest BCUT2D eigenvalue weighted by Crippen LogP contribution is -2.26. The maximum absolute atomic E-state index is 12.6. The predicted octanol–water partition coefficient (Wildman–Crippen LogP) is 1.39. The second-order valence-corrected chi connectivity index (χ2v) is 5.96. The van der Waals surface area contributed by atoms with E-state index in [1.54, 1.807) is 6.07 Å². The number of hydrogen-bond donors (Lipinski definition) is 0. The largest absolute Gasteiger partial charge is 0.302 e. The van der Waals surface area contributed by atoms with Gasteiger partial charge in [0, 0.05) is 30.1 Å². The van der Waals surface area contributed by atoms with E-state index in [0.29, 0.717) is 10.8 Å². The molecule has 0 N–H and O–H groups in total. The van der Waals surface area contributed by atoms with Crippen LogP contribution < -0.4 is 4.90 Å². The van der Waals surface area contributed by atoms with Crippen LogP contribution in [0.4, 0.5) is 9.70 Å². The summed E-state index contributed by atoms with van der Waals surface area (Å²) in [7, 11) is -4.57. The minimum absolute atomic E-state index is 0.00264. The molecule has 1 aliphatic heterocycles. The zero-order valence-electron chi connectivity index (χ0n) is 9.21. The van der Waals surface area contributed by atoms with Crippen molar-refractivity contribution in [3.05, 3.63) is 23.4 Å². The van der Waals surface area contributed by atoms with Crippen LogP contribution in [0.15, 0.2) is 18.3 Å². The Morgan fingerprint density at radius 3 is 2.89 bits per heavy atom. The summed E-state index contributed by atoms with van der Waals surface area (Å²) in [5.41, 5.74) is 0. The second-order valence-electron chi connectivity index (χ2n) is 4.11. The molecule has 1 aromatic heterocycles. The Labute approximate surface area is 109 Å². The first-order chi connectivity index (χ1) is 8.35. The minimum Gasteiger partial charge on any atom is -0.296 e. The third kappa shape index (κ3) is 3.17. The van der Waals surface area contributed by atoms with Gasteiger partial charge in [0.2, 0.25) is 5.91 Å². The number of carbonyl (C=O) groups is 1. The van der Waals surface area contributed by atoms with Crippen LogP contribution in [0, 0.1) is 5.92 Å². The molecule has 2 heterocycles. The van der Waals surface area contributed by atoms with E-state index in [4.69, 9.17) is 11.6 Å². The van der Waals surface area contributed by atoms with Gasteiger partial charge in [-0.15, -0.1) is 3.89 Å². The van der Waals surface area contributed by atoms with Crippen LogP contribution in [0.5, 0.6) is 0 Å². The molecule has 1 fully saturated rings. The molecule has 0 radical (unpaired) electrons. The average molecular weight is 293 g/mol. The smallest absolute Gasteiger partial charge is 0.296 e. The van der Waals surface area contributed by atoms with Crippen molar-refractivity contribution in [1.29, 1.82) is 0 Å². The van der Waals surface area contributed by atoms with Crippen molar-refractivity contribution < 1.29 is 17.1 Å². The molecule has 1 aromatic rings. The third-order valence-electron chi connectivity index (χ3n) is 2.62. The number of aromatic nitrogens is 1. The number of hydrogen-bond acceptors (Lipinski definition) is 4. The summed E-state index contributed by atoms with van der Waals surface area (Å²) in [6.07, 6.45) is 1.45. The normalized spacial score (nSPS) is 20.4. The van der Waals surface area contributed by atoms with Crippen molar-refractivity contribution >= 4 is 33.5 Å². The SMILES string of the molecule is O=C1CC(CS(=O)(=O)F)CN1c1cc(Cl)ccn1. The van der Waals surface area contributed by atoms with E-state index in [9.17, 15) is 17.1 Å². The van der Waals surface area contributed by atoms with Gasteiger partial charge in [-0.1, -0.05) is 11.6 Å². The summed E-state index contributed by atoms with van der Waals surface area (Å²) in [4.78, 5) is 17.0. The van der Waals surface area contributed by atoms with Crippen LogP contribution in [0.2, 0.25) is 5.02 Å². The van der Waals surface area contributed by atoms with Crippen molar-refractivity contribution in [3.8, 4) is 0 Å². The Hall–Kier alpha value is -1.21. The van der Waals surface area contributed by atoms with E-state index in [0.717, 1.165) is 0 Å². The fourth-order valence-electron chi connectivity index (χ4n) is 1.94. The lowest BCUT2D eigenvalue weighted by molar-refractivity contribution is -0.117. The number of amides is 1. The Balaban J connectivity index is 2.15. The Morgan fingerprint density at radius 2 is 2.28 bits per heavy atom. The minimum atomic E-state index is -4.57. The molecule has 0 saturated carbocycles. The molecule has 1 atom stereocenters. The lowest BCUT2D eigenvalue weighted by atomic mass is 10.1. The second kappa shape index (κ2) is 4.81. The van der Waals surface area contributed by atoms with Gasteiger partial charge in [-0.05, 0) is 12.1 Å². The molecule has 0 spiro atoms. The number of pyridine rings is 1. The number of halogens is 2. The van der Waals surface area contributed by atoms with Crippen LogP contribution in [0.25, 0.3) is 0 Å². The molecule has 18 heavy (non-hydrogen) atoms. The third-order valence-corrected chi connectivity index (χ3v) is 3.73. The highest BCUT2D eigenvalue weighted by molar-refractivity contribution is 7.86. The van der Waals surface area contributed by atoms with Crippen molar-refractivity contribution in [1.82, 2.24) is 4.98 Å². The van der Waals surface area contributed by atoms with Gasteiger partial charge in [0.15, 0.2) is 0 Å². The summed E-state index contributed by atoms with van der Waals surface area (Å²) >= 11 is 5.78. The van der Waals surface area contributed by atoms with Crippen LogP contribution in [-0.4, -0.2) is 31.6 Å². The number of anilines is 1. The topological polar surface area (TPSA) is 67.3 Å². The summed E-state index contributed by atoms with van der Waals surface area (Å²) in [6, 6.07) is 3.07. The summed E-state index contributed by atoms with van der Waals surface area (Å²) < 4.78 is 33.7. The van der Waals surface area contributed by atoms with E-state index in [1.165, 1.54) is 17.2 Å². The van der Waals surface area contributed by atoms with E-state index >= 15 is 0 Å². The van der Waals surface area contributed by atoms with Gasteiger partial charge in [0.05, 0.1) is 5.75 Å². The molecule has 98 valence electrons. The van der Waals surface area contributed by atoms with Crippen molar-refractivity contribution in [2.24, 2.45) is 5.92 Å². The lowest BCUT2D eigenvalue weighted by Gasteiger charge is -2.15. The Bertz CT molecular complexity index is 578. The van der Waals surface area contributed by atoms with Crippen LogP contribution in [0.3, 0.4) is 0 Å². The summed E-state index contributed by atoms with van der Waals surface area (Å²) in [5, 5.41) is 0.425. The van der Waals surface area contributed by atoms with Gasteiger partial charge in [-0.3, -0.25) is 9.69 Å². The zero-order valence-corrected chi connectivity index (χ0v) is 10.8. The van der Waals surface area contributed by atoms with E-state index in [1.807, 2.05) is 0 Å². The Morgan fingerprint density at radius 1 is 1.56 bits per heavy atom. The number of rotatable bonds is 3. The fraction of sp³-hybridized carbons (Fsp3) is 0.400. The van der Waals surface area contributed by atoms with Crippen LogP contribution >= 0.6 is 11.6 Å². The number of carbonyl (C=O) groups excluding carboxylic acids is 1. The average Bonchev–Trinajstić information content (AvgIpc) is 2.56. The summed E-state index contributed by atoms with van der Waals surface area (Å²) in [5.74, 6) is -1.12. The standard InChI is InChI=1S/C10H10ClFN2O3S/c11-8-1-2-13-9(4-8)14-5-7(3-10(14)15)6-18(12,16)17/h1-2,4,7H,3,5-6H2. The molecule has 1 unspecified atom stereocenters. The van der Waals surface area contributed by atoms with E-state index < -0.39 is 21.9 Å². The monoisotopic (exact) mass is 292 g/mol. The highest BCUT2D eigenvalue weighted by Gasteiger charge is 2.34. The van der Waals surface area contributed by atoms with Gasteiger partial charge in [-0.25, -0.2) is 4.98 Å². The molecule has 0 bridgehead atoms. The first-order valence-electron chi connectivity index (χ1n) is 5.19. The zero-order chi connectivity index (χ0) is 13.3. The molecule has 5 nitrogen and oxygen atoms in total. The molecule has 0 aliphatic carbocycles.